The predicted molar refractivity (Wildman–Crippen MR) is 111 cm³/mol. The van der Waals surface area contributed by atoms with Crippen LogP contribution < -0.4 is 0 Å². The van der Waals surface area contributed by atoms with Crippen molar-refractivity contribution in [3.05, 3.63) is 35.4 Å². The molecule has 0 aliphatic heterocycles. The van der Waals surface area contributed by atoms with E-state index in [4.69, 9.17) is 11.6 Å². The van der Waals surface area contributed by atoms with Crippen molar-refractivity contribution < 1.29 is 14.6 Å². The first-order valence-electron chi connectivity index (χ1n) is 10.2. The molecule has 0 unspecified atom stereocenters. The first-order valence-corrected chi connectivity index (χ1v) is 10.7. The van der Waals surface area contributed by atoms with Gasteiger partial charge in [0.25, 0.3) is 0 Å². The Balaban J connectivity index is 1.91. The number of carbonyl (C=O) groups excluding carboxylic acids is 1. The normalized spacial score (nSPS) is 25.6. The summed E-state index contributed by atoms with van der Waals surface area (Å²) in [5, 5.41) is 10.6. The maximum absolute atomic E-state index is 11.2. The molecule has 27 heavy (non-hydrogen) atoms. The number of hydrogen-bond acceptors (Lipinski definition) is 3. The first kappa shape index (κ1) is 22.2. The summed E-state index contributed by atoms with van der Waals surface area (Å²) < 4.78 is 4.67. The molecule has 1 aliphatic rings. The lowest BCUT2D eigenvalue weighted by Gasteiger charge is -2.25. The maximum atomic E-state index is 11.2. The number of carbonyl (C=O) groups is 1. The van der Waals surface area contributed by atoms with Gasteiger partial charge in [0, 0.05) is 17.7 Å². The Morgan fingerprint density at radius 3 is 2.37 bits per heavy atom. The Bertz CT molecular complexity index is 591. The van der Waals surface area contributed by atoms with Crippen LogP contribution in [0.1, 0.15) is 82.8 Å². The molecule has 1 aliphatic carbocycles. The van der Waals surface area contributed by atoms with Crippen molar-refractivity contribution in [2.24, 2.45) is 5.92 Å². The highest BCUT2D eigenvalue weighted by Crippen LogP contribution is 2.45. The van der Waals surface area contributed by atoms with Gasteiger partial charge in [-0.25, -0.2) is 0 Å². The van der Waals surface area contributed by atoms with Crippen LogP contribution in [0.4, 0.5) is 0 Å². The summed E-state index contributed by atoms with van der Waals surface area (Å²) in [7, 11) is 1.43. The third kappa shape index (κ3) is 6.22. The summed E-state index contributed by atoms with van der Waals surface area (Å²) in [6.45, 7) is 6.64. The van der Waals surface area contributed by atoms with Crippen LogP contribution in [0.25, 0.3) is 0 Å². The van der Waals surface area contributed by atoms with Crippen molar-refractivity contribution in [2.75, 3.05) is 7.11 Å². The van der Waals surface area contributed by atoms with E-state index in [0.29, 0.717) is 18.8 Å². The van der Waals surface area contributed by atoms with E-state index >= 15 is 0 Å². The summed E-state index contributed by atoms with van der Waals surface area (Å²) in [6.07, 6.45) is 5.90. The van der Waals surface area contributed by atoms with Crippen molar-refractivity contribution in [3.63, 3.8) is 0 Å². The van der Waals surface area contributed by atoms with Gasteiger partial charge in [-0.1, -0.05) is 64.3 Å². The van der Waals surface area contributed by atoms with E-state index in [9.17, 15) is 9.90 Å². The average Bonchev–Trinajstić information content (AvgIpc) is 2.90. The molecule has 1 N–H and O–H groups in total. The van der Waals surface area contributed by atoms with Gasteiger partial charge in [0.05, 0.1) is 13.2 Å². The Morgan fingerprint density at radius 1 is 1.15 bits per heavy atom. The first-order chi connectivity index (χ1) is 12.7. The average molecular weight is 395 g/mol. The van der Waals surface area contributed by atoms with Crippen LogP contribution in [0.3, 0.4) is 0 Å². The van der Waals surface area contributed by atoms with Crippen LogP contribution in [0.5, 0.6) is 0 Å². The molecule has 1 aromatic carbocycles. The van der Waals surface area contributed by atoms with Gasteiger partial charge in [0.1, 0.15) is 0 Å². The van der Waals surface area contributed by atoms with Crippen molar-refractivity contribution in [2.45, 2.75) is 88.5 Å². The van der Waals surface area contributed by atoms with Crippen molar-refractivity contribution in [3.8, 4) is 0 Å². The zero-order valence-corrected chi connectivity index (χ0v) is 18.0. The minimum absolute atomic E-state index is 0.0300. The molecule has 2 rings (SSSR count). The van der Waals surface area contributed by atoms with Gasteiger partial charge in [-0.3, -0.25) is 4.79 Å². The number of alkyl halides is 1. The summed E-state index contributed by atoms with van der Waals surface area (Å²) in [5.41, 5.74) is 2.64. The lowest BCUT2D eigenvalue weighted by molar-refractivity contribution is -0.140. The van der Waals surface area contributed by atoms with Crippen LogP contribution in [0.15, 0.2) is 24.3 Å². The Labute approximate surface area is 169 Å². The van der Waals surface area contributed by atoms with Crippen LogP contribution in [0, 0.1) is 5.92 Å². The minimum atomic E-state index is -0.364. The number of unbranched alkanes of at least 4 members (excludes halogenated alkanes) is 3. The molecule has 1 fully saturated rings. The minimum Gasteiger partial charge on any atom is -0.469 e. The van der Waals surface area contributed by atoms with Crippen LogP contribution >= 0.6 is 11.6 Å². The number of halogens is 1. The highest BCUT2D eigenvalue weighted by Gasteiger charge is 2.41. The summed E-state index contributed by atoms with van der Waals surface area (Å²) in [6, 6.07) is 8.72. The third-order valence-electron chi connectivity index (χ3n) is 5.86. The molecular weight excluding hydrogens is 360 g/mol. The second-order valence-electron chi connectivity index (χ2n) is 8.91. The number of benzene rings is 1. The molecule has 1 saturated carbocycles. The number of rotatable bonds is 8. The van der Waals surface area contributed by atoms with Gasteiger partial charge in [-0.15, -0.1) is 11.6 Å². The molecule has 4 heteroatoms. The van der Waals surface area contributed by atoms with E-state index < -0.39 is 0 Å². The van der Waals surface area contributed by atoms with E-state index in [1.807, 2.05) is 0 Å². The standard InChI is InChI=1S/C23H35ClO3/c1-23(2,3)17-13-11-16(12-14-17)22-18(19(24)15-20(22)25)9-7-5-6-8-10-21(26)27-4/h11-14,18-20,22,25H,5-10,15H2,1-4H3/t18-,19+,20+,22+/m0/s1. The molecule has 0 aromatic heterocycles. The fraction of sp³-hybridized carbons (Fsp3) is 0.696. The second-order valence-corrected chi connectivity index (χ2v) is 9.47. The molecule has 0 radical (unpaired) electrons. The fourth-order valence-corrected chi connectivity index (χ4v) is 4.67. The van der Waals surface area contributed by atoms with Gasteiger partial charge in [-0.2, -0.15) is 0 Å². The zero-order chi connectivity index (χ0) is 20.0. The molecule has 0 saturated heterocycles. The van der Waals surface area contributed by atoms with Crippen LogP contribution in [-0.2, 0) is 14.9 Å². The van der Waals surface area contributed by atoms with E-state index in [1.54, 1.807) is 0 Å². The third-order valence-corrected chi connectivity index (χ3v) is 6.37. The van der Waals surface area contributed by atoms with Gasteiger partial charge < -0.3 is 9.84 Å². The van der Waals surface area contributed by atoms with Gasteiger partial charge >= 0.3 is 5.97 Å². The molecule has 1 aromatic rings. The maximum Gasteiger partial charge on any atom is 0.305 e. The predicted octanol–water partition coefficient (Wildman–Crippen LogP) is 5.57. The topological polar surface area (TPSA) is 46.5 Å². The van der Waals surface area contributed by atoms with Crippen LogP contribution in [0.2, 0.25) is 0 Å². The summed E-state index contributed by atoms with van der Waals surface area (Å²) >= 11 is 6.60. The molecule has 0 amide bonds. The van der Waals surface area contributed by atoms with E-state index in [2.05, 4.69) is 49.8 Å². The zero-order valence-electron chi connectivity index (χ0n) is 17.2. The summed E-state index contributed by atoms with van der Waals surface area (Å²) in [5.74, 6) is 0.299. The number of aliphatic hydroxyl groups excluding tert-OH is 1. The Hall–Kier alpha value is -1.06. The van der Waals surface area contributed by atoms with Crippen molar-refractivity contribution in [1.29, 1.82) is 0 Å². The van der Waals surface area contributed by atoms with E-state index in [1.165, 1.54) is 18.2 Å². The highest BCUT2D eigenvalue weighted by atomic mass is 35.5. The monoisotopic (exact) mass is 394 g/mol. The van der Waals surface area contributed by atoms with E-state index in [0.717, 1.165) is 32.1 Å². The van der Waals surface area contributed by atoms with E-state index in [-0.39, 0.29) is 28.8 Å². The quantitative estimate of drug-likeness (QED) is 0.356. The second kappa shape index (κ2) is 9.93. The molecule has 152 valence electrons. The lowest BCUT2D eigenvalue weighted by Crippen LogP contribution is -2.19. The molecule has 0 bridgehead atoms. The number of methoxy groups -OCH3 is 1. The number of aliphatic hydroxyl groups is 1. The Kier molecular flexibility index (Phi) is 8.18. The highest BCUT2D eigenvalue weighted by molar-refractivity contribution is 6.21. The lowest BCUT2D eigenvalue weighted by atomic mass is 9.81. The number of esters is 1. The van der Waals surface area contributed by atoms with Crippen molar-refractivity contribution in [1.82, 2.24) is 0 Å². The van der Waals surface area contributed by atoms with Gasteiger partial charge in [0.15, 0.2) is 0 Å². The van der Waals surface area contributed by atoms with Crippen LogP contribution in [-0.4, -0.2) is 29.7 Å². The molecule has 3 nitrogen and oxygen atoms in total. The number of hydrogen-bond donors (Lipinski definition) is 1. The molecular formula is C23H35ClO3. The smallest absolute Gasteiger partial charge is 0.305 e. The Morgan fingerprint density at radius 2 is 1.78 bits per heavy atom. The fourth-order valence-electron chi connectivity index (χ4n) is 4.20. The summed E-state index contributed by atoms with van der Waals surface area (Å²) in [4.78, 5) is 11.2. The van der Waals surface area contributed by atoms with Crippen molar-refractivity contribution >= 4 is 17.6 Å². The molecule has 4 atom stereocenters. The SMILES string of the molecule is COC(=O)CCCCCC[C@@H]1[C@@H](c2ccc(C(C)(C)C)cc2)[C@H](O)C[C@H]1Cl. The number of ether oxygens (including phenoxy) is 1. The van der Waals surface area contributed by atoms with Gasteiger partial charge in [-0.05, 0) is 41.7 Å². The molecule has 0 spiro atoms. The van der Waals surface area contributed by atoms with Gasteiger partial charge in [0.2, 0.25) is 0 Å². The molecule has 0 heterocycles. The largest absolute Gasteiger partial charge is 0.469 e.